The Hall–Kier alpha value is -0.830. The van der Waals surface area contributed by atoms with E-state index in [1.165, 1.54) is 18.2 Å². The smallest absolute Gasteiger partial charge is 0.262 e. The second kappa shape index (κ2) is 6.51. The summed E-state index contributed by atoms with van der Waals surface area (Å²) in [4.78, 5) is 11.9. The predicted molar refractivity (Wildman–Crippen MR) is 91.6 cm³/mol. The van der Waals surface area contributed by atoms with Crippen LogP contribution in [0.15, 0.2) is 47.4 Å². The van der Waals surface area contributed by atoms with Crippen molar-refractivity contribution in [3.63, 3.8) is 0 Å². The van der Waals surface area contributed by atoms with E-state index in [9.17, 15) is 13.2 Å². The standard InChI is InChI=1S/C13H8Cl2INO3S/c14-10-7-8(5-6-12(10)21(15,19)20)17-13(18)9-3-1-2-4-11(9)16/h1-7H,(H,17,18). The molecular formula is C13H8Cl2INO3S. The molecule has 0 saturated heterocycles. The van der Waals surface area contributed by atoms with Gasteiger partial charge in [0.2, 0.25) is 0 Å². The highest BCUT2D eigenvalue weighted by Crippen LogP contribution is 2.27. The van der Waals surface area contributed by atoms with Crippen molar-refractivity contribution in [3.8, 4) is 0 Å². The molecule has 0 unspecified atom stereocenters. The van der Waals surface area contributed by atoms with Gasteiger partial charge in [-0.2, -0.15) is 0 Å². The van der Waals surface area contributed by atoms with Gasteiger partial charge < -0.3 is 5.32 Å². The van der Waals surface area contributed by atoms with E-state index in [2.05, 4.69) is 27.9 Å². The van der Waals surface area contributed by atoms with Crippen LogP contribution < -0.4 is 5.32 Å². The highest BCUT2D eigenvalue weighted by atomic mass is 127. The number of halogens is 3. The molecule has 2 aromatic carbocycles. The largest absolute Gasteiger partial charge is 0.322 e. The van der Waals surface area contributed by atoms with Gasteiger partial charge in [0.25, 0.3) is 15.0 Å². The monoisotopic (exact) mass is 455 g/mol. The summed E-state index contributed by atoms with van der Waals surface area (Å²) >= 11 is 7.92. The molecule has 2 rings (SSSR count). The number of benzene rings is 2. The summed E-state index contributed by atoms with van der Waals surface area (Å²) in [6.45, 7) is 0. The van der Waals surface area contributed by atoms with E-state index < -0.39 is 9.05 Å². The summed E-state index contributed by atoms with van der Waals surface area (Å²) in [5.74, 6) is -0.308. The van der Waals surface area contributed by atoms with Gasteiger partial charge in [0.1, 0.15) is 4.90 Å². The van der Waals surface area contributed by atoms with Gasteiger partial charge in [0, 0.05) is 19.9 Å². The van der Waals surface area contributed by atoms with Crippen LogP contribution in [0, 0.1) is 3.57 Å². The van der Waals surface area contributed by atoms with E-state index in [1.807, 2.05) is 12.1 Å². The molecule has 1 amide bonds. The fourth-order valence-electron chi connectivity index (χ4n) is 1.62. The van der Waals surface area contributed by atoms with Crippen molar-refractivity contribution in [2.45, 2.75) is 4.90 Å². The summed E-state index contributed by atoms with van der Waals surface area (Å²) in [6.07, 6.45) is 0. The van der Waals surface area contributed by atoms with Crippen molar-refractivity contribution in [3.05, 3.63) is 56.6 Å². The zero-order chi connectivity index (χ0) is 15.6. The zero-order valence-corrected chi connectivity index (χ0v) is 14.8. The predicted octanol–water partition coefficient (Wildman–Crippen LogP) is 4.12. The summed E-state index contributed by atoms with van der Waals surface area (Å²) in [7, 11) is 1.33. The third-order valence-corrected chi connectivity index (χ3v) is 5.32. The Morgan fingerprint density at radius 1 is 1.14 bits per heavy atom. The number of anilines is 1. The summed E-state index contributed by atoms with van der Waals surface area (Å²) < 4.78 is 23.3. The molecule has 0 radical (unpaired) electrons. The van der Waals surface area contributed by atoms with Crippen LogP contribution >= 0.6 is 44.9 Å². The van der Waals surface area contributed by atoms with Gasteiger partial charge in [-0.05, 0) is 52.9 Å². The topological polar surface area (TPSA) is 63.2 Å². The maximum Gasteiger partial charge on any atom is 0.262 e. The first kappa shape index (κ1) is 16.5. The maximum absolute atomic E-state index is 12.1. The molecule has 4 nitrogen and oxygen atoms in total. The Morgan fingerprint density at radius 3 is 2.38 bits per heavy atom. The molecule has 0 saturated carbocycles. The zero-order valence-electron chi connectivity index (χ0n) is 10.3. The average Bonchev–Trinajstić information content (AvgIpc) is 2.37. The highest BCUT2D eigenvalue weighted by molar-refractivity contribution is 14.1. The van der Waals surface area contributed by atoms with Gasteiger partial charge in [-0.3, -0.25) is 4.79 Å². The number of amides is 1. The van der Waals surface area contributed by atoms with Crippen LogP contribution in [0.1, 0.15) is 10.4 Å². The van der Waals surface area contributed by atoms with E-state index >= 15 is 0 Å². The number of carbonyl (C=O) groups excluding carboxylic acids is 1. The minimum absolute atomic E-state index is 0.0504. The SMILES string of the molecule is O=C(Nc1ccc(S(=O)(=O)Cl)c(Cl)c1)c1ccccc1I. The molecule has 0 aliphatic carbocycles. The minimum Gasteiger partial charge on any atom is -0.322 e. The molecule has 8 heteroatoms. The van der Waals surface area contributed by atoms with Gasteiger partial charge in [-0.15, -0.1) is 0 Å². The van der Waals surface area contributed by atoms with Gasteiger partial charge in [0.15, 0.2) is 0 Å². The number of carbonyl (C=O) groups is 1. The number of hydrogen-bond donors (Lipinski definition) is 1. The van der Waals surface area contributed by atoms with Crippen molar-refractivity contribution in [1.82, 2.24) is 0 Å². The Balaban J connectivity index is 2.27. The van der Waals surface area contributed by atoms with Gasteiger partial charge in [-0.1, -0.05) is 23.7 Å². The van der Waals surface area contributed by atoms with Crippen molar-refractivity contribution in [1.29, 1.82) is 0 Å². The first-order valence-electron chi connectivity index (χ1n) is 5.59. The Bertz CT molecular complexity index is 809. The first-order chi connectivity index (χ1) is 9.79. The van der Waals surface area contributed by atoms with Crippen molar-refractivity contribution in [2.24, 2.45) is 0 Å². The van der Waals surface area contributed by atoms with E-state index in [4.69, 9.17) is 22.3 Å². The molecular weight excluding hydrogens is 448 g/mol. The normalized spacial score (nSPS) is 11.2. The lowest BCUT2D eigenvalue weighted by Crippen LogP contribution is -2.13. The molecule has 0 aliphatic rings. The molecule has 21 heavy (non-hydrogen) atoms. The van der Waals surface area contributed by atoms with Crippen LogP contribution in [0.3, 0.4) is 0 Å². The Kier molecular flexibility index (Phi) is 5.13. The average molecular weight is 456 g/mol. The maximum atomic E-state index is 12.1. The van der Waals surface area contributed by atoms with Crippen molar-refractivity contribution in [2.75, 3.05) is 5.32 Å². The molecule has 0 bridgehead atoms. The van der Waals surface area contributed by atoms with E-state index in [-0.39, 0.29) is 15.8 Å². The number of hydrogen-bond acceptors (Lipinski definition) is 3. The van der Waals surface area contributed by atoms with Crippen LogP contribution in [-0.4, -0.2) is 14.3 Å². The van der Waals surface area contributed by atoms with E-state index in [0.29, 0.717) is 11.3 Å². The molecule has 0 fully saturated rings. The van der Waals surface area contributed by atoms with E-state index in [0.717, 1.165) is 3.57 Å². The lowest BCUT2D eigenvalue weighted by molar-refractivity contribution is 0.102. The van der Waals surface area contributed by atoms with Crippen molar-refractivity contribution < 1.29 is 13.2 Å². The third kappa shape index (κ3) is 4.09. The van der Waals surface area contributed by atoms with Gasteiger partial charge >= 0.3 is 0 Å². The minimum atomic E-state index is -3.91. The molecule has 0 aromatic heterocycles. The Morgan fingerprint density at radius 2 is 1.81 bits per heavy atom. The third-order valence-electron chi connectivity index (χ3n) is 2.57. The van der Waals surface area contributed by atoms with Gasteiger partial charge in [-0.25, -0.2) is 8.42 Å². The molecule has 0 spiro atoms. The lowest BCUT2D eigenvalue weighted by atomic mass is 10.2. The Labute approximate surface area is 145 Å². The fraction of sp³-hybridized carbons (Fsp3) is 0. The van der Waals surface area contributed by atoms with Crippen LogP contribution in [0.5, 0.6) is 0 Å². The molecule has 0 heterocycles. The lowest BCUT2D eigenvalue weighted by Gasteiger charge is -2.08. The molecule has 0 atom stereocenters. The molecule has 0 aliphatic heterocycles. The summed E-state index contributed by atoms with van der Waals surface area (Å²) in [6, 6.07) is 11.1. The quantitative estimate of drug-likeness (QED) is 0.559. The highest BCUT2D eigenvalue weighted by Gasteiger charge is 2.16. The first-order valence-corrected chi connectivity index (χ1v) is 9.36. The number of nitrogens with one attached hydrogen (secondary N) is 1. The van der Waals surface area contributed by atoms with Crippen LogP contribution in [-0.2, 0) is 9.05 Å². The molecule has 2 aromatic rings. The van der Waals surface area contributed by atoms with Gasteiger partial charge in [0.05, 0.1) is 10.6 Å². The molecule has 110 valence electrons. The second-order valence-electron chi connectivity index (χ2n) is 4.02. The summed E-state index contributed by atoms with van der Waals surface area (Å²) in [5, 5.41) is 2.60. The van der Waals surface area contributed by atoms with Crippen LogP contribution in [0.25, 0.3) is 0 Å². The number of rotatable bonds is 3. The summed E-state index contributed by atoms with van der Waals surface area (Å²) in [5.41, 5.74) is 0.900. The van der Waals surface area contributed by atoms with Crippen LogP contribution in [0.2, 0.25) is 5.02 Å². The van der Waals surface area contributed by atoms with Crippen molar-refractivity contribution >= 4 is 65.5 Å². The fourth-order valence-corrected chi connectivity index (χ4v) is 3.78. The van der Waals surface area contributed by atoms with Crippen LogP contribution in [0.4, 0.5) is 5.69 Å². The second-order valence-corrected chi connectivity index (χ2v) is 8.12. The van der Waals surface area contributed by atoms with E-state index in [1.54, 1.807) is 12.1 Å². The molecule has 1 N–H and O–H groups in total.